The van der Waals surface area contributed by atoms with Gasteiger partial charge < -0.3 is 4.90 Å². The Hall–Kier alpha value is -1.39. The number of piperidine rings is 1. The molecule has 0 aromatic carbocycles. The first-order chi connectivity index (χ1) is 6.38. The first kappa shape index (κ1) is 8.22. The number of carbonyl (C=O) groups excluding carboxylic acids is 1. The van der Waals surface area contributed by atoms with Gasteiger partial charge in [0.25, 0.3) is 5.91 Å². The highest BCUT2D eigenvalue weighted by Crippen LogP contribution is 2.11. The number of hydrogen-bond acceptors (Lipinski definition) is 4. The van der Waals surface area contributed by atoms with Gasteiger partial charge >= 0.3 is 0 Å². The van der Waals surface area contributed by atoms with Crippen LogP contribution in [0.3, 0.4) is 0 Å². The monoisotopic (exact) mass is 181 g/mol. The summed E-state index contributed by atoms with van der Waals surface area (Å²) >= 11 is 0. The van der Waals surface area contributed by atoms with Crippen LogP contribution in [0, 0.1) is 0 Å². The van der Waals surface area contributed by atoms with Crippen molar-refractivity contribution >= 4 is 5.91 Å². The molecule has 70 valence electrons. The molecule has 0 N–H and O–H groups in total. The normalized spacial score (nSPS) is 17.4. The Kier molecular flexibility index (Phi) is 2.25. The van der Waals surface area contributed by atoms with Crippen LogP contribution >= 0.6 is 0 Å². The van der Waals surface area contributed by atoms with Crippen LogP contribution in [0.15, 0.2) is 10.8 Å². The predicted molar refractivity (Wildman–Crippen MR) is 44.1 cm³/mol. The van der Waals surface area contributed by atoms with Crippen LogP contribution in [0.2, 0.25) is 0 Å². The molecular weight excluding hydrogens is 170 g/mol. The Morgan fingerprint density at radius 1 is 1.38 bits per heavy atom. The Bertz CT molecular complexity index is 278. The van der Waals surface area contributed by atoms with Gasteiger partial charge in [0.1, 0.15) is 6.20 Å². The number of amides is 1. The fourth-order valence-electron chi connectivity index (χ4n) is 1.52. The maximum atomic E-state index is 11.6. The molecule has 13 heavy (non-hydrogen) atoms. The van der Waals surface area contributed by atoms with E-state index in [2.05, 4.69) is 14.9 Å². The van der Waals surface area contributed by atoms with E-state index in [0.717, 1.165) is 25.9 Å². The summed E-state index contributed by atoms with van der Waals surface area (Å²) < 4.78 is 4.38. The maximum absolute atomic E-state index is 11.6. The van der Waals surface area contributed by atoms with Crippen molar-refractivity contribution in [2.24, 2.45) is 0 Å². The molecule has 0 unspecified atom stereocenters. The van der Waals surface area contributed by atoms with Gasteiger partial charge in [-0.05, 0) is 24.4 Å². The number of hydrogen-bond donors (Lipinski definition) is 0. The first-order valence-corrected chi connectivity index (χ1v) is 4.45. The average Bonchev–Trinajstić information content (AvgIpc) is 2.71. The fraction of sp³-hybridized carbons (Fsp3) is 0.625. The quantitative estimate of drug-likeness (QED) is 0.639. The summed E-state index contributed by atoms with van der Waals surface area (Å²) in [6.07, 6.45) is 4.73. The van der Waals surface area contributed by atoms with Gasteiger partial charge in [0.2, 0.25) is 0 Å². The van der Waals surface area contributed by atoms with Gasteiger partial charge in [0.05, 0.1) is 0 Å². The standard InChI is InChI=1S/C8H11N3O2/c12-8(7-6-9-13-10-7)11-4-2-1-3-5-11/h6H,1-5H2. The van der Waals surface area contributed by atoms with Crippen molar-refractivity contribution in [2.75, 3.05) is 13.1 Å². The first-order valence-electron chi connectivity index (χ1n) is 4.45. The topological polar surface area (TPSA) is 59.2 Å². The molecule has 0 spiro atoms. The van der Waals surface area contributed by atoms with Crippen molar-refractivity contribution in [1.82, 2.24) is 15.2 Å². The zero-order valence-corrected chi connectivity index (χ0v) is 7.27. The van der Waals surface area contributed by atoms with Crippen LogP contribution in [0.4, 0.5) is 0 Å². The van der Waals surface area contributed by atoms with Gasteiger partial charge in [-0.2, -0.15) is 0 Å². The van der Waals surface area contributed by atoms with Gasteiger partial charge in [0.15, 0.2) is 5.69 Å². The molecule has 0 bridgehead atoms. The van der Waals surface area contributed by atoms with Gasteiger partial charge in [-0.15, -0.1) is 0 Å². The van der Waals surface area contributed by atoms with Crippen LogP contribution in [0.5, 0.6) is 0 Å². The van der Waals surface area contributed by atoms with E-state index in [1.54, 1.807) is 4.90 Å². The Labute approximate surface area is 75.7 Å². The molecule has 2 rings (SSSR count). The van der Waals surface area contributed by atoms with Crippen LogP contribution in [0.1, 0.15) is 29.8 Å². The molecule has 1 fully saturated rings. The highest BCUT2D eigenvalue weighted by atomic mass is 16.6. The predicted octanol–water partition coefficient (Wildman–Crippen LogP) is 0.696. The molecule has 1 aromatic heterocycles. The van der Waals surface area contributed by atoms with Gasteiger partial charge in [-0.25, -0.2) is 4.63 Å². The van der Waals surface area contributed by atoms with E-state index in [4.69, 9.17) is 0 Å². The lowest BCUT2D eigenvalue weighted by atomic mass is 10.1. The Morgan fingerprint density at radius 3 is 2.77 bits per heavy atom. The smallest absolute Gasteiger partial charge is 0.277 e. The third-order valence-corrected chi connectivity index (χ3v) is 2.22. The summed E-state index contributed by atoms with van der Waals surface area (Å²) in [7, 11) is 0. The lowest BCUT2D eigenvalue weighted by Crippen LogP contribution is -2.35. The van der Waals surface area contributed by atoms with E-state index in [1.165, 1.54) is 12.6 Å². The van der Waals surface area contributed by atoms with Crippen LogP contribution in [-0.2, 0) is 0 Å². The van der Waals surface area contributed by atoms with Crippen molar-refractivity contribution in [1.29, 1.82) is 0 Å². The third-order valence-electron chi connectivity index (χ3n) is 2.22. The van der Waals surface area contributed by atoms with Crippen LogP contribution in [0.25, 0.3) is 0 Å². The SMILES string of the molecule is O=C(c1cnon1)N1CCCCC1. The fourth-order valence-corrected chi connectivity index (χ4v) is 1.52. The summed E-state index contributed by atoms with van der Waals surface area (Å²) in [6, 6.07) is 0. The largest absolute Gasteiger partial charge is 0.337 e. The molecule has 1 aliphatic heterocycles. The van der Waals surface area contributed by atoms with E-state index >= 15 is 0 Å². The summed E-state index contributed by atoms with van der Waals surface area (Å²) in [4.78, 5) is 13.4. The lowest BCUT2D eigenvalue weighted by molar-refractivity contribution is 0.0713. The second kappa shape index (κ2) is 3.55. The molecule has 2 heterocycles. The van der Waals surface area contributed by atoms with Crippen molar-refractivity contribution in [2.45, 2.75) is 19.3 Å². The molecular formula is C8H11N3O2. The lowest BCUT2D eigenvalue weighted by Gasteiger charge is -2.25. The minimum Gasteiger partial charge on any atom is -0.337 e. The molecule has 5 heteroatoms. The van der Waals surface area contributed by atoms with Crippen molar-refractivity contribution in [3.05, 3.63) is 11.9 Å². The van der Waals surface area contributed by atoms with E-state index in [1.807, 2.05) is 0 Å². The number of rotatable bonds is 1. The molecule has 1 aliphatic rings. The van der Waals surface area contributed by atoms with E-state index < -0.39 is 0 Å². The number of nitrogens with zero attached hydrogens (tertiary/aromatic N) is 3. The highest BCUT2D eigenvalue weighted by molar-refractivity contribution is 5.91. The Balaban J connectivity index is 2.04. The molecule has 0 aliphatic carbocycles. The average molecular weight is 181 g/mol. The van der Waals surface area contributed by atoms with Crippen molar-refractivity contribution in [3.8, 4) is 0 Å². The molecule has 1 aromatic rings. The molecule has 0 saturated carbocycles. The van der Waals surface area contributed by atoms with Crippen LogP contribution < -0.4 is 0 Å². The van der Waals surface area contributed by atoms with Crippen molar-refractivity contribution in [3.63, 3.8) is 0 Å². The summed E-state index contributed by atoms with van der Waals surface area (Å²) in [5, 5.41) is 6.92. The maximum Gasteiger partial charge on any atom is 0.277 e. The summed E-state index contributed by atoms with van der Waals surface area (Å²) in [6.45, 7) is 1.65. The van der Waals surface area contributed by atoms with E-state index in [0.29, 0.717) is 5.69 Å². The van der Waals surface area contributed by atoms with Gasteiger partial charge in [-0.3, -0.25) is 4.79 Å². The number of aromatic nitrogens is 2. The zero-order chi connectivity index (χ0) is 9.10. The molecule has 1 saturated heterocycles. The van der Waals surface area contributed by atoms with Gasteiger partial charge in [0, 0.05) is 13.1 Å². The zero-order valence-electron chi connectivity index (χ0n) is 7.27. The molecule has 0 radical (unpaired) electrons. The molecule has 1 amide bonds. The summed E-state index contributed by atoms with van der Waals surface area (Å²) in [5.41, 5.74) is 0.307. The number of carbonyl (C=O) groups is 1. The third kappa shape index (κ3) is 1.68. The van der Waals surface area contributed by atoms with E-state index in [-0.39, 0.29) is 5.91 Å². The second-order valence-electron chi connectivity index (χ2n) is 3.15. The highest BCUT2D eigenvalue weighted by Gasteiger charge is 2.20. The Morgan fingerprint density at radius 2 is 2.15 bits per heavy atom. The summed E-state index contributed by atoms with van der Waals surface area (Å²) in [5.74, 6) is -0.0686. The molecule has 5 nitrogen and oxygen atoms in total. The molecule has 0 atom stereocenters. The minimum atomic E-state index is -0.0686. The second-order valence-corrected chi connectivity index (χ2v) is 3.15. The number of likely N-dealkylation sites (tertiary alicyclic amines) is 1. The van der Waals surface area contributed by atoms with Gasteiger partial charge in [-0.1, -0.05) is 5.16 Å². The van der Waals surface area contributed by atoms with Crippen molar-refractivity contribution < 1.29 is 9.42 Å². The minimum absolute atomic E-state index is 0.0686. The van der Waals surface area contributed by atoms with E-state index in [9.17, 15) is 4.79 Å². The van der Waals surface area contributed by atoms with Crippen LogP contribution in [-0.4, -0.2) is 34.2 Å².